The molecule has 0 N–H and O–H groups in total. The highest BCUT2D eigenvalue weighted by molar-refractivity contribution is 7.91. The topological polar surface area (TPSA) is 43.4 Å². The Kier molecular flexibility index (Phi) is 3.02. The Hall–Kier alpha value is -0.0900. The van der Waals surface area contributed by atoms with Crippen LogP contribution in [0.1, 0.15) is 20.8 Å². The molecule has 0 atom stereocenters. The Bertz CT molecular complexity index is 263. The van der Waals surface area contributed by atoms with Crippen molar-refractivity contribution in [1.82, 2.24) is 0 Å². The van der Waals surface area contributed by atoms with Gasteiger partial charge >= 0.3 is 0 Å². The fraction of sp³-hybridized carbons (Fsp3) is 1.00. The van der Waals surface area contributed by atoms with E-state index in [1.807, 2.05) is 20.8 Å². The fourth-order valence-corrected chi connectivity index (χ4v) is 3.99. The second kappa shape index (κ2) is 3.58. The molecule has 3 nitrogen and oxygen atoms in total. The van der Waals surface area contributed by atoms with Crippen LogP contribution in [0.3, 0.4) is 0 Å². The van der Waals surface area contributed by atoms with Gasteiger partial charge in [-0.25, -0.2) is 8.42 Å². The normalized spacial score (nSPS) is 21.5. The summed E-state index contributed by atoms with van der Waals surface area (Å²) in [6.07, 6.45) is 0. The van der Waals surface area contributed by atoms with Crippen molar-refractivity contribution in [2.75, 3.05) is 24.7 Å². The molecular weight excluding hydrogens is 188 g/mol. The van der Waals surface area contributed by atoms with Gasteiger partial charge in [-0.2, -0.15) is 0 Å². The van der Waals surface area contributed by atoms with E-state index in [0.29, 0.717) is 19.0 Å². The van der Waals surface area contributed by atoms with Gasteiger partial charge in [0.05, 0.1) is 24.7 Å². The van der Waals surface area contributed by atoms with Crippen molar-refractivity contribution in [2.24, 2.45) is 11.3 Å². The Labute approximate surface area is 80.4 Å². The molecule has 0 unspecified atom stereocenters. The summed E-state index contributed by atoms with van der Waals surface area (Å²) in [7, 11) is -2.88. The molecule has 1 heterocycles. The molecule has 1 fully saturated rings. The van der Waals surface area contributed by atoms with Crippen molar-refractivity contribution >= 4 is 9.84 Å². The van der Waals surface area contributed by atoms with Crippen LogP contribution in [-0.2, 0) is 14.6 Å². The van der Waals surface area contributed by atoms with Crippen LogP contribution in [0.25, 0.3) is 0 Å². The lowest BCUT2D eigenvalue weighted by molar-refractivity contribution is -0.0870. The fourth-order valence-electron chi connectivity index (χ4n) is 1.63. The second-order valence-corrected chi connectivity index (χ2v) is 6.86. The van der Waals surface area contributed by atoms with E-state index in [-0.39, 0.29) is 17.1 Å². The minimum Gasteiger partial charge on any atom is -0.380 e. The van der Waals surface area contributed by atoms with Gasteiger partial charge in [0.25, 0.3) is 0 Å². The lowest BCUT2D eigenvalue weighted by Gasteiger charge is -2.37. The number of rotatable bonds is 4. The summed E-state index contributed by atoms with van der Waals surface area (Å²) in [4.78, 5) is 0. The van der Waals surface area contributed by atoms with E-state index in [1.165, 1.54) is 0 Å². The molecule has 0 spiro atoms. The van der Waals surface area contributed by atoms with Gasteiger partial charge in [0.1, 0.15) is 0 Å². The van der Waals surface area contributed by atoms with Crippen molar-refractivity contribution in [2.45, 2.75) is 20.8 Å². The zero-order valence-corrected chi connectivity index (χ0v) is 9.36. The van der Waals surface area contributed by atoms with Crippen LogP contribution in [0.2, 0.25) is 0 Å². The predicted molar refractivity (Wildman–Crippen MR) is 52.4 cm³/mol. The number of hydrogen-bond donors (Lipinski definition) is 0. The van der Waals surface area contributed by atoms with Gasteiger partial charge in [0.2, 0.25) is 0 Å². The molecule has 0 aromatic carbocycles. The highest BCUT2D eigenvalue weighted by Crippen LogP contribution is 2.28. The third-order valence-electron chi connectivity index (χ3n) is 2.06. The maximum atomic E-state index is 11.6. The van der Waals surface area contributed by atoms with E-state index in [0.717, 1.165) is 0 Å². The van der Waals surface area contributed by atoms with E-state index < -0.39 is 9.84 Å². The third-order valence-corrected chi connectivity index (χ3v) is 4.37. The average molecular weight is 206 g/mol. The molecule has 78 valence electrons. The lowest BCUT2D eigenvalue weighted by atomic mass is 9.92. The summed E-state index contributed by atoms with van der Waals surface area (Å²) in [6, 6.07) is 0. The zero-order valence-electron chi connectivity index (χ0n) is 8.54. The number of ether oxygens (including phenoxy) is 1. The summed E-state index contributed by atoms with van der Waals surface area (Å²) in [6.45, 7) is 7.00. The molecule has 0 aromatic heterocycles. The summed E-state index contributed by atoms with van der Waals surface area (Å²) < 4.78 is 28.2. The van der Waals surface area contributed by atoms with E-state index in [1.54, 1.807) is 0 Å². The van der Waals surface area contributed by atoms with Gasteiger partial charge < -0.3 is 4.74 Å². The smallest absolute Gasteiger partial charge is 0.151 e. The van der Waals surface area contributed by atoms with Crippen molar-refractivity contribution < 1.29 is 13.2 Å². The van der Waals surface area contributed by atoms with E-state index in [9.17, 15) is 8.42 Å². The van der Waals surface area contributed by atoms with Crippen molar-refractivity contribution in [3.05, 3.63) is 0 Å². The molecule has 13 heavy (non-hydrogen) atoms. The minimum absolute atomic E-state index is 0.117. The molecule has 0 saturated carbocycles. The molecule has 4 heteroatoms. The molecule has 0 bridgehead atoms. The maximum absolute atomic E-state index is 11.6. The first-order chi connectivity index (χ1) is 5.83. The third kappa shape index (κ3) is 3.27. The largest absolute Gasteiger partial charge is 0.380 e. The van der Waals surface area contributed by atoms with Crippen LogP contribution in [0.15, 0.2) is 0 Å². The zero-order chi connectivity index (χ0) is 10.1. The molecule has 1 aliphatic rings. The Morgan fingerprint density at radius 3 is 2.23 bits per heavy atom. The van der Waals surface area contributed by atoms with Gasteiger partial charge in [0, 0.05) is 5.41 Å². The van der Waals surface area contributed by atoms with Gasteiger partial charge in [-0.1, -0.05) is 20.8 Å². The summed E-state index contributed by atoms with van der Waals surface area (Å²) >= 11 is 0. The molecule has 0 amide bonds. The lowest BCUT2D eigenvalue weighted by Crippen LogP contribution is -2.45. The molecule has 1 rings (SSSR count). The number of hydrogen-bond acceptors (Lipinski definition) is 3. The van der Waals surface area contributed by atoms with Gasteiger partial charge in [-0.05, 0) is 5.92 Å². The Morgan fingerprint density at radius 2 is 1.92 bits per heavy atom. The highest BCUT2D eigenvalue weighted by atomic mass is 32.2. The van der Waals surface area contributed by atoms with Crippen molar-refractivity contribution in [3.8, 4) is 0 Å². The summed E-state index contributed by atoms with van der Waals surface area (Å²) in [5.41, 5.74) is -0.117. The highest BCUT2D eigenvalue weighted by Gasteiger charge is 2.37. The van der Waals surface area contributed by atoms with Gasteiger partial charge in [0.15, 0.2) is 9.84 Å². The van der Waals surface area contributed by atoms with Gasteiger partial charge in [-0.3, -0.25) is 0 Å². The molecule has 1 saturated heterocycles. The van der Waals surface area contributed by atoms with Gasteiger partial charge in [-0.15, -0.1) is 0 Å². The molecule has 0 radical (unpaired) electrons. The summed E-state index contributed by atoms with van der Waals surface area (Å²) in [5, 5.41) is 0. The van der Waals surface area contributed by atoms with Crippen LogP contribution < -0.4 is 0 Å². The van der Waals surface area contributed by atoms with E-state index >= 15 is 0 Å². The quantitative estimate of drug-likeness (QED) is 0.691. The van der Waals surface area contributed by atoms with E-state index in [4.69, 9.17) is 4.74 Å². The van der Waals surface area contributed by atoms with E-state index in [2.05, 4.69) is 0 Å². The molecule has 0 aliphatic carbocycles. The molecule has 1 aliphatic heterocycles. The van der Waals surface area contributed by atoms with Crippen LogP contribution in [0, 0.1) is 11.3 Å². The monoisotopic (exact) mass is 206 g/mol. The number of sulfone groups is 1. The average Bonchev–Trinajstić information content (AvgIpc) is 1.79. The van der Waals surface area contributed by atoms with Crippen LogP contribution in [0.5, 0.6) is 0 Å². The standard InChI is InChI=1S/C9H18O3S/c1-8(2)4-13(10,11)7-9(3)5-12-6-9/h8H,4-7H2,1-3H3. The first-order valence-electron chi connectivity index (χ1n) is 4.61. The van der Waals surface area contributed by atoms with Crippen molar-refractivity contribution in [1.29, 1.82) is 0 Å². The first-order valence-corrected chi connectivity index (χ1v) is 6.43. The Morgan fingerprint density at radius 1 is 1.38 bits per heavy atom. The van der Waals surface area contributed by atoms with Crippen LogP contribution in [-0.4, -0.2) is 33.1 Å². The summed E-state index contributed by atoms with van der Waals surface area (Å²) in [5.74, 6) is 0.787. The SMILES string of the molecule is CC(C)CS(=O)(=O)CC1(C)COC1. The Balaban J connectivity index is 2.51. The van der Waals surface area contributed by atoms with Crippen LogP contribution in [0.4, 0.5) is 0 Å². The second-order valence-electron chi connectivity index (χ2n) is 4.75. The molecule has 0 aromatic rings. The van der Waals surface area contributed by atoms with Crippen LogP contribution >= 0.6 is 0 Å². The van der Waals surface area contributed by atoms with Crippen molar-refractivity contribution in [3.63, 3.8) is 0 Å². The molecular formula is C9H18O3S. The maximum Gasteiger partial charge on any atom is 0.151 e. The predicted octanol–water partition coefficient (Wildman–Crippen LogP) is 1.09. The minimum atomic E-state index is -2.88. The first kappa shape index (κ1) is 11.0.